The average molecular weight is 342 g/mol. The molecule has 2 aromatic rings. The van der Waals surface area contributed by atoms with Crippen LogP contribution in [0, 0.1) is 6.92 Å². The van der Waals surface area contributed by atoms with Crippen LogP contribution in [0.4, 0.5) is 0 Å². The van der Waals surface area contributed by atoms with Crippen molar-refractivity contribution in [2.24, 2.45) is 0 Å². The maximum absolute atomic E-state index is 12.3. The van der Waals surface area contributed by atoms with Crippen molar-refractivity contribution in [3.8, 4) is 0 Å². The molecule has 1 amide bonds. The first-order chi connectivity index (χ1) is 12.2. The van der Waals surface area contributed by atoms with E-state index in [1.54, 1.807) is 18.5 Å². The van der Waals surface area contributed by atoms with Crippen LogP contribution < -0.4 is 5.32 Å². The van der Waals surface area contributed by atoms with Gasteiger partial charge in [-0.05, 0) is 26.2 Å². The van der Waals surface area contributed by atoms with Gasteiger partial charge >= 0.3 is 0 Å². The minimum atomic E-state index is -0.0258. The molecule has 3 heterocycles. The summed E-state index contributed by atoms with van der Waals surface area (Å²) in [6.07, 6.45) is 10.3. The number of hydrogen-bond acceptors (Lipinski definition) is 6. The van der Waals surface area contributed by atoms with E-state index in [1.165, 1.54) is 12.0 Å². The molecule has 2 fully saturated rings. The Labute approximate surface area is 145 Å². The van der Waals surface area contributed by atoms with Crippen molar-refractivity contribution in [1.82, 2.24) is 30.2 Å². The number of hydrogen-bond donors (Lipinski definition) is 1. The van der Waals surface area contributed by atoms with Gasteiger partial charge in [0.2, 0.25) is 11.8 Å². The lowest BCUT2D eigenvalue weighted by Crippen LogP contribution is -2.41. The Balaban J connectivity index is 1.45. The zero-order valence-corrected chi connectivity index (χ0v) is 14.3. The van der Waals surface area contributed by atoms with Crippen molar-refractivity contribution in [3.05, 3.63) is 41.9 Å². The number of aryl methyl sites for hydroxylation is 1. The van der Waals surface area contributed by atoms with Crippen LogP contribution in [0.25, 0.3) is 0 Å². The maximum Gasteiger partial charge on any atom is 0.244 e. The van der Waals surface area contributed by atoms with Gasteiger partial charge in [0.25, 0.3) is 0 Å². The number of nitrogens with zero attached hydrogens (tertiary/aromatic N) is 5. The lowest BCUT2D eigenvalue weighted by Gasteiger charge is -2.20. The molecular weight excluding hydrogens is 320 g/mol. The Bertz CT molecular complexity index is 760. The van der Waals surface area contributed by atoms with Crippen LogP contribution in [-0.4, -0.2) is 49.9 Å². The van der Waals surface area contributed by atoms with Gasteiger partial charge in [-0.1, -0.05) is 10.8 Å². The summed E-state index contributed by atoms with van der Waals surface area (Å²) in [5.41, 5.74) is 1.24. The van der Waals surface area contributed by atoms with E-state index >= 15 is 0 Å². The van der Waals surface area contributed by atoms with Crippen LogP contribution in [0.5, 0.6) is 0 Å². The molecule has 1 N–H and O–H groups in total. The molecule has 2 aromatic heterocycles. The van der Waals surface area contributed by atoms with Gasteiger partial charge in [0, 0.05) is 25.4 Å². The zero-order valence-electron chi connectivity index (χ0n) is 14.3. The number of amides is 1. The molecule has 0 spiro atoms. The Morgan fingerprint density at radius 3 is 2.96 bits per heavy atom. The minimum absolute atomic E-state index is 0.0152. The van der Waals surface area contributed by atoms with Gasteiger partial charge in [0.1, 0.15) is 5.76 Å². The number of carbonyl (C=O) groups excluding carboxylic acids is 1. The molecule has 2 atom stereocenters. The molecule has 132 valence electrons. The first-order valence-electron chi connectivity index (χ1n) is 8.67. The summed E-state index contributed by atoms with van der Waals surface area (Å²) in [5.74, 6) is 1.48. The van der Waals surface area contributed by atoms with Crippen molar-refractivity contribution in [1.29, 1.82) is 0 Å². The van der Waals surface area contributed by atoms with Gasteiger partial charge in [-0.2, -0.15) is 0 Å². The number of nitrogens with one attached hydrogen (secondary N) is 1. The molecule has 1 aliphatic carbocycles. The second-order valence-electron chi connectivity index (χ2n) is 6.78. The molecule has 0 aromatic carbocycles. The van der Waals surface area contributed by atoms with Crippen molar-refractivity contribution >= 4 is 5.91 Å². The molecule has 0 unspecified atom stereocenters. The fraction of sp³-hybridized carbons (Fsp3) is 0.529. The van der Waals surface area contributed by atoms with Crippen LogP contribution in [0.3, 0.4) is 0 Å². The molecule has 0 radical (unpaired) electrons. The number of carbonyl (C=O) groups is 1. The molecule has 8 heteroatoms. The van der Waals surface area contributed by atoms with Gasteiger partial charge in [0.15, 0.2) is 0 Å². The number of likely N-dealkylation sites (tertiary alicyclic amines) is 1. The van der Waals surface area contributed by atoms with E-state index in [9.17, 15) is 4.79 Å². The third-order valence-corrected chi connectivity index (χ3v) is 4.83. The Morgan fingerprint density at radius 2 is 2.32 bits per heavy atom. The highest BCUT2D eigenvalue weighted by molar-refractivity contribution is 5.88. The van der Waals surface area contributed by atoms with Crippen molar-refractivity contribution in [2.45, 2.75) is 44.8 Å². The smallest absolute Gasteiger partial charge is 0.244 e. The number of rotatable bonds is 5. The predicted octanol–water partition coefficient (Wildman–Crippen LogP) is 1.23. The monoisotopic (exact) mass is 342 g/mol. The molecule has 8 nitrogen and oxygen atoms in total. The van der Waals surface area contributed by atoms with E-state index < -0.39 is 0 Å². The lowest BCUT2D eigenvalue weighted by molar-refractivity contribution is -0.117. The Kier molecular flexibility index (Phi) is 4.35. The normalized spacial score (nSPS) is 23.5. The van der Waals surface area contributed by atoms with Crippen LogP contribution in [0.1, 0.15) is 37.0 Å². The van der Waals surface area contributed by atoms with E-state index in [1.807, 2.05) is 17.8 Å². The predicted molar refractivity (Wildman–Crippen MR) is 89.4 cm³/mol. The van der Waals surface area contributed by atoms with Crippen molar-refractivity contribution in [3.63, 3.8) is 0 Å². The summed E-state index contributed by atoms with van der Waals surface area (Å²) in [6, 6.07) is 0.0180. The van der Waals surface area contributed by atoms with Gasteiger partial charge in [-0.3, -0.25) is 9.69 Å². The Morgan fingerprint density at radius 1 is 1.44 bits per heavy atom. The molecule has 1 saturated heterocycles. The fourth-order valence-corrected chi connectivity index (χ4v) is 3.40. The highest BCUT2D eigenvalue weighted by Gasteiger charge is 2.36. The van der Waals surface area contributed by atoms with Gasteiger partial charge in [0.05, 0.1) is 31.0 Å². The number of oxazole rings is 1. The highest BCUT2D eigenvalue weighted by atomic mass is 16.4. The first kappa shape index (κ1) is 16.0. The van der Waals surface area contributed by atoms with E-state index in [4.69, 9.17) is 4.42 Å². The summed E-state index contributed by atoms with van der Waals surface area (Å²) >= 11 is 0. The molecular formula is C17H22N6O2. The second-order valence-corrected chi connectivity index (χ2v) is 6.78. The molecule has 1 saturated carbocycles. The summed E-state index contributed by atoms with van der Waals surface area (Å²) in [4.78, 5) is 18.8. The summed E-state index contributed by atoms with van der Waals surface area (Å²) in [5, 5.41) is 11.2. The van der Waals surface area contributed by atoms with Gasteiger partial charge < -0.3 is 9.73 Å². The quantitative estimate of drug-likeness (QED) is 0.822. The molecule has 2 aliphatic rings. The van der Waals surface area contributed by atoms with Crippen molar-refractivity contribution < 1.29 is 9.21 Å². The number of aromatic nitrogens is 4. The summed E-state index contributed by atoms with van der Waals surface area (Å²) in [7, 11) is 0. The summed E-state index contributed by atoms with van der Waals surface area (Å²) < 4.78 is 7.40. The molecule has 25 heavy (non-hydrogen) atoms. The highest BCUT2D eigenvalue weighted by Crippen LogP contribution is 2.26. The van der Waals surface area contributed by atoms with E-state index in [2.05, 4.69) is 25.5 Å². The topological polar surface area (TPSA) is 89.1 Å². The SMILES string of the molecule is Cc1cnc(CN2C[C@@H](NC(=O)C=C3CCC3)[C@@H](n3ccnn3)C2)o1. The largest absolute Gasteiger partial charge is 0.445 e. The second kappa shape index (κ2) is 6.79. The van der Waals surface area contributed by atoms with Crippen LogP contribution >= 0.6 is 0 Å². The van der Waals surface area contributed by atoms with E-state index in [0.717, 1.165) is 31.7 Å². The van der Waals surface area contributed by atoms with E-state index in [0.29, 0.717) is 12.4 Å². The number of allylic oxidation sites excluding steroid dienone is 1. The van der Waals surface area contributed by atoms with Gasteiger partial charge in [-0.25, -0.2) is 9.67 Å². The van der Waals surface area contributed by atoms with Crippen LogP contribution in [0.2, 0.25) is 0 Å². The standard InChI is InChI=1S/C17H22N6O2/c1-12-8-18-17(25-12)11-22-9-14(15(10-22)23-6-5-19-21-23)20-16(24)7-13-3-2-4-13/h5-8,14-15H,2-4,9-11H2,1H3,(H,20,24)/t14-,15+/m1/s1. The average Bonchev–Trinajstić information content (AvgIpc) is 3.25. The van der Waals surface area contributed by atoms with Crippen LogP contribution in [0.15, 0.2) is 34.7 Å². The molecule has 4 rings (SSSR count). The molecule has 0 bridgehead atoms. The summed E-state index contributed by atoms with van der Waals surface area (Å²) in [6.45, 7) is 3.98. The van der Waals surface area contributed by atoms with E-state index in [-0.39, 0.29) is 18.0 Å². The van der Waals surface area contributed by atoms with Crippen molar-refractivity contribution in [2.75, 3.05) is 13.1 Å². The fourth-order valence-electron chi connectivity index (χ4n) is 3.40. The van der Waals surface area contributed by atoms with Crippen LogP contribution in [-0.2, 0) is 11.3 Å². The minimum Gasteiger partial charge on any atom is -0.445 e. The third kappa shape index (κ3) is 3.63. The first-order valence-corrected chi connectivity index (χ1v) is 8.67. The maximum atomic E-state index is 12.3. The lowest BCUT2D eigenvalue weighted by atomic mass is 9.92. The zero-order chi connectivity index (χ0) is 17.2. The third-order valence-electron chi connectivity index (χ3n) is 4.83. The Hall–Kier alpha value is -2.48. The molecule has 1 aliphatic heterocycles. The van der Waals surface area contributed by atoms with Gasteiger partial charge in [-0.15, -0.1) is 5.10 Å².